The van der Waals surface area contributed by atoms with Crippen molar-refractivity contribution in [3.63, 3.8) is 0 Å². The van der Waals surface area contributed by atoms with E-state index in [0.717, 1.165) is 0 Å². The summed E-state index contributed by atoms with van der Waals surface area (Å²) in [6.45, 7) is 4.81. The standard InChI is InChI=1S/C9H15O6P/c1-4-7-8(9(10)11)15-16(12,13-5-2)14-6-3/h8H,5-6H2,1-3H3,(H,10,11). The van der Waals surface area contributed by atoms with Crippen molar-refractivity contribution in [2.24, 2.45) is 0 Å². The number of rotatable bonds is 7. The largest absolute Gasteiger partial charge is 0.479 e. The van der Waals surface area contributed by atoms with Crippen molar-refractivity contribution in [2.45, 2.75) is 26.9 Å². The molecule has 0 fully saturated rings. The van der Waals surface area contributed by atoms with E-state index in [4.69, 9.17) is 18.7 Å². The lowest BCUT2D eigenvalue weighted by Gasteiger charge is -2.17. The molecule has 0 saturated carbocycles. The maximum Gasteiger partial charge on any atom is 0.476 e. The quantitative estimate of drug-likeness (QED) is 0.546. The van der Waals surface area contributed by atoms with Gasteiger partial charge in [0.1, 0.15) is 0 Å². The van der Waals surface area contributed by atoms with Crippen molar-refractivity contribution in [3.05, 3.63) is 0 Å². The maximum absolute atomic E-state index is 11.8. The molecule has 0 aromatic carbocycles. The molecule has 0 aliphatic carbocycles. The van der Waals surface area contributed by atoms with Gasteiger partial charge in [-0.05, 0) is 20.8 Å². The van der Waals surface area contributed by atoms with Gasteiger partial charge in [-0.2, -0.15) is 0 Å². The molecule has 92 valence electrons. The summed E-state index contributed by atoms with van der Waals surface area (Å²) in [6, 6.07) is 0. The molecule has 1 atom stereocenters. The highest BCUT2D eigenvalue weighted by Crippen LogP contribution is 2.50. The summed E-state index contributed by atoms with van der Waals surface area (Å²) in [7, 11) is -3.84. The van der Waals surface area contributed by atoms with E-state index in [1.54, 1.807) is 13.8 Å². The molecule has 7 heteroatoms. The zero-order valence-corrected chi connectivity index (χ0v) is 10.3. The Morgan fingerprint density at radius 1 is 1.38 bits per heavy atom. The highest BCUT2D eigenvalue weighted by Gasteiger charge is 2.32. The van der Waals surface area contributed by atoms with Gasteiger partial charge in [0.05, 0.1) is 13.2 Å². The summed E-state index contributed by atoms with van der Waals surface area (Å²) < 4.78 is 26.1. The average molecular weight is 250 g/mol. The normalized spacial score (nSPS) is 12.7. The third kappa shape index (κ3) is 5.29. The van der Waals surface area contributed by atoms with Gasteiger partial charge in [-0.25, -0.2) is 9.36 Å². The second-order valence-corrected chi connectivity index (χ2v) is 4.12. The van der Waals surface area contributed by atoms with E-state index in [1.807, 2.05) is 0 Å². The van der Waals surface area contributed by atoms with E-state index < -0.39 is 19.9 Å². The van der Waals surface area contributed by atoms with Gasteiger partial charge in [0.25, 0.3) is 0 Å². The Morgan fingerprint density at radius 3 is 2.19 bits per heavy atom. The van der Waals surface area contributed by atoms with E-state index in [0.29, 0.717) is 0 Å². The first kappa shape index (κ1) is 15.1. The minimum absolute atomic E-state index is 0.0865. The number of aliphatic carboxylic acids is 1. The summed E-state index contributed by atoms with van der Waals surface area (Å²) in [5.74, 6) is 3.28. The van der Waals surface area contributed by atoms with E-state index in [-0.39, 0.29) is 13.2 Å². The third-order valence-electron chi connectivity index (χ3n) is 1.31. The smallest absolute Gasteiger partial charge is 0.476 e. The van der Waals surface area contributed by atoms with Crippen LogP contribution in [0.25, 0.3) is 0 Å². The Labute approximate surface area is 94.5 Å². The molecule has 0 radical (unpaired) electrons. The van der Waals surface area contributed by atoms with Crippen LogP contribution in [0.4, 0.5) is 0 Å². The second kappa shape index (κ2) is 7.42. The molecular formula is C9H15O6P. The van der Waals surface area contributed by atoms with Gasteiger partial charge < -0.3 is 5.11 Å². The Hall–Kier alpha value is -0.860. The third-order valence-corrected chi connectivity index (χ3v) is 2.93. The fourth-order valence-corrected chi connectivity index (χ4v) is 2.04. The molecule has 0 aliphatic heterocycles. The molecule has 0 aromatic heterocycles. The van der Waals surface area contributed by atoms with Crippen molar-refractivity contribution in [1.82, 2.24) is 0 Å². The predicted molar refractivity (Wildman–Crippen MR) is 56.8 cm³/mol. The molecule has 0 bridgehead atoms. The number of carbonyl (C=O) groups is 1. The highest BCUT2D eigenvalue weighted by molar-refractivity contribution is 7.48. The van der Waals surface area contributed by atoms with Crippen molar-refractivity contribution in [2.75, 3.05) is 13.2 Å². The Kier molecular flexibility index (Phi) is 7.02. The van der Waals surface area contributed by atoms with Crippen LogP contribution in [0.3, 0.4) is 0 Å². The first-order valence-corrected chi connectivity index (χ1v) is 6.17. The predicted octanol–water partition coefficient (Wildman–Crippen LogP) is 1.66. The van der Waals surface area contributed by atoms with Gasteiger partial charge in [-0.1, -0.05) is 5.92 Å². The van der Waals surface area contributed by atoms with Gasteiger partial charge in [0, 0.05) is 0 Å². The molecule has 0 saturated heterocycles. The summed E-state index contributed by atoms with van der Waals surface area (Å²) in [5.41, 5.74) is 0. The molecule has 1 unspecified atom stereocenters. The summed E-state index contributed by atoms with van der Waals surface area (Å²) >= 11 is 0. The van der Waals surface area contributed by atoms with E-state index in [2.05, 4.69) is 11.8 Å². The van der Waals surface area contributed by atoms with Gasteiger partial charge in [-0.15, -0.1) is 5.92 Å². The van der Waals surface area contributed by atoms with Crippen molar-refractivity contribution >= 4 is 13.8 Å². The minimum Gasteiger partial charge on any atom is -0.479 e. The van der Waals surface area contributed by atoms with Gasteiger partial charge in [-0.3, -0.25) is 13.6 Å². The van der Waals surface area contributed by atoms with E-state index in [9.17, 15) is 9.36 Å². The van der Waals surface area contributed by atoms with Crippen LogP contribution in [0.1, 0.15) is 20.8 Å². The molecular weight excluding hydrogens is 235 g/mol. The number of carboxylic acid groups (broad SMARTS) is 1. The first-order chi connectivity index (χ1) is 7.49. The number of phosphoric ester groups is 1. The van der Waals surface area contributed by atoms with Crippen LogP contribution < -0.4 is 0 Å². The van der Waals surface area contributed by atoms with Crippen LogP contribution in [0.2, 0.25) is 0 Å². The maximum atomic E-state index is 11.8. The van der Waals surface area contributed by atoms with Crippen LogP contribution >= 0.6 is 7.82 Å². The van der Waals surface area contributed by atoms with Crippen molar-refractivity contribution < 1.29 is 28.0 Å². The topological polar surface area (TPSA) is 82.1 Å². The molecule has 0 amide bonds. The molecule has 0 spiro atoms. The molecule has 0 aromatic rings. The highest BCUT2D eigenvalue weighted by atomic mass is 31.2. The van der Waals surface area contributed by atoms with E-state index >= 15 is 0 Å². The lowest BCUT2D eigenvalue weighted by Crippen LogP contribution is -2.22. The zero-order chi connectivity index (χ0) is 12.6. The molecule has 0 aliphatic rings. The molecule has 0 rings (SSSR count). The number of phosphoric acid groups is 1. The molecule has 16 heavy (non-hydrogen) atoms. The SMILES string of the molecule is CC#CC(OP(=O)(OCC)OCC)C(=O)O. The lowest BCUT2D eigenvalue weighted by atomic mass is 10.4. The second-order valence-electron chi connectivity index (χ2n) is 2.50. The Balaban J connectivity index is 4.74. The first-order valence-electron chi connectivity index (χ1n) is 4.71. The summed E-state index contributed by atoms with van der Waals surface area (Å²) in [4.78, 5) is 10.7. The van der Waals surface area contributed by atoms with Crippen molar-refractivity contribution in [3.8, 4) is 11.8 Å². The van der Waals surface area contributed by atoms with Crippen LogP contribution in [0, 0.1) is 11.8 Å². The summed E-state index contributed by atoms with van der Waals surface area (Å²) in [6.07, 6.45) is -1.52. The molecule has 1 N–H and O–H groups in total. The molecule has 6 nitrogen and oxygen atoms in total. The Bertz CT molecular complexity index is 319. The van der Waals surface area contributed by atoms with Gasteiger partial charge >= 0.3 is 13.8 Å². The minimum atomic E-state index is -3.84. The van der Waals surface area contributed by atoms with Gasteiger partial charge in [0.2, 0.25) is 6.10 Å². The van der Waals surface area contributed by atoms with Crippen LogP contribution in [-0.2, 0) is 22.9 Å². The van der Waals surface area contributed by atoms with Crippen molar-refractivity contribution in [1.29, 1.82) is 0 Å². The zero-order valence-electron chi connectivity index (χ0n) is 9.43. The monoisotopic (exact) mass is 250 g/mol. The number of hydrogen-bond donors (Lipinski definition) is 1. The fourth-order valence-electron chi connectivity index (χ4n) is 0.808. The van der Waals surface area contributed by atoms with Gasteiger partial charge in [0.15, 0.2) is 0 Å². The Morgan fingerprint density at radius 2 is 1.88 bits per heavy atom. The lowest BCUT2D eigenvalue weighted by molar-refractivity contribution is -0.143. The number of carboxylic acids is 1. The number of hydrogen-bond acceptors (Lipinski definition) is 5. The fraction of sp³-hybridized carbons (Fsp3) is 0.667. The van der Waals surface area contributed by atoms with E-state index in [1.165, 1.54) is 6.92 Å². The van der Waals surface area contributed by atoms with Crippen LogP contribution in [-0.4, -0.2) is 30.4 Å². The van der Waals surface area contributed by atoms with Crippen LogP contribution in [0.5, 0.6) is 0 Å². The molecule has 0 heterocycles. The summed E-state index contributed by atoms with van der Waals surface area (Å²) in [5, 5.41) is 8.74. The van der Waals surface area contributed by atoms with Crippen LogP contribution in [0.15, 0.2) is 0 Å². The average Bonchev–Trinajstić information content (AvgIpc) is 2.17.